The van der Waals surface area contributed by atoms with Crippen LogP contribution in [-0.2, 0) is 9.47 Å². The Kier molecular flexibility index (Phi) is 5.34. The number of aryl methyl sites for hydroxylation is 1. The standard InChI is InChI=1S/C20H18O6/c1-13-18(20(22)24-11-10-23-2)16-12-15(8-9-17(16)25-13)26-19(21)14-6-4-3-5-7-14/h3-9,12H,10-11H2,1-2H3. The summed E-state index contributed by atoms with van der Waals surface area (Å²) in [7, 11) is 1.53. The first-order valence-corrected chi connectivity index (χ1v) is 8.06. The van der Waals surface area contributed by atoms with Crippen molar-refractivity contribution in [2.24, 2.45) is 0 Å². The van der Waals surface area contributed by atoms with Crippen LogP contribution in [0.2, 0.25) is 0 Å². The second kappa shape index (κ2) is 7.84. The van der Waals surface area contributed by atoms with Crippen molar-refractivity contribution in [2.75, 3.05) is 20.3 Å². The Bertz CT molecular complexity index is 926. The highest BCUT2D eigenvalue weighted by atomic mass is 16.6. The van der Waals surface area contributed by atoms with E-state index in [1.165, 1.54) is 7.11 Å². The molecule has 0 unspecified atom stereocenters. The highest BCUT2D eigenvalue weighted by Crippen LogP contribution is 2.30. The first-order valence-electron chi connectivity index (χ1n) is 8.06. The van der Waals surface area contributed by atoms with Gasteiger partial charge < -0.3 is 18.6 Å². The van der Waals surface area contributed by atoms with Crippen molar-refractivity contribution in [3.8, 4) is 5.75 Å². The van der Waals surface area contributed by atoms with Gasteiger partial charge >= 0.3 is 11.9 Å². The van der Waals surface area contributed by atoms with Gasteiger partial charge in [0.1, 0.15) is 29.3 Å². The molecule has 3 rings (SSSR count). The molecule has 0 aliphatic heterocycles. The summed E-state index contributed by atoms with van der Waals surface area (Å²) in [4.78, 5) is 24.5. The van der Waals surface area contributed by atoms with Crippen LogP contribution in [0.4, 0.5) is 0 Å². The molecule has 3 aromatic rings. The van der Waals surface area contributed by atoms with Gasteiger partial charge in [0.2, 0.25) is 0 Å². The third kappa shape index (κ3) is 3.75. The van der Waals surface area contributed by atoms with Crippen molar-refractivity contribution in [1.82, 2.24) is 0 Å². The van der Waals surface area contributed by atoms with E-state index in [2.05, 4.69) is 0 Å². The average Bonchev–Trinajstić information content (AvgIpc) is 2.97. The normalized spacial score (nSPS) is 10.7. The third-order valence-corrected chi connectivity index (χ3v) is 3.78. The van der Waals surface area contributed by atoms with Crippen molar-refractivity contribution < 1.29 is 28.2 Å². The zero-order chi connectivity index (χ0) is 18.5. The Morgan fingerprint density at radius 1 is 1.00 bits per heavy atom. The lowest BCUT2D eigenvalue weighted by Gasteiger charge is -2.05. The summed E-state index contributed by atoms with van der Waals surface area (Å²) in [5.74, 6) is -0.230. The molecule has 0 bridgehead atoms. The SMILES string of the molecule is COCCOC(=O)c1c(C)oc2ccc(OC(=O)c3ccccc3)cc12. The van der Waals surface area contributed by atoms with Crippen molar-refractivity contribution in [1.29, 1.82) is 0 Å². The molecule has 6 heteroatoms. The van der Waals surface area contributed by atoms with Gasteiger partial charge in [-0.2, -0.15) is 0 Å². The summed E-state index contributed by atoms with van der Waals surface area (Å²) in [5, 5.41) is 0.531. The van der Waals surface area contributed by atoms with Gasteiger partial charge in [0, 0.05) is 12.5 Å². The molecule has 0 amide bonds. The van der Waals surface area contributed by atoms with E-state index in [9.17, 15) is 9.59 Å². The van der Waals surface area contributed by atoms with E-state index >= 15 is 0 Å². The maximum atomic E-state index is 12.3. The number of methoxy groups -OCH3 is 1. The minimum atomic E-state index is -0.509. The molecule has 0 radical (unpaired) electrons. The number of furan rings is 1. The highest BCUT2D eigenvalue weighted by Gasteiger charge is 2.20. The number of esters is 2. The minimum absolute atomic E-state index is 0.143. The van der Waals surface area contributed by atoms with Crippen LogP contribution in [0, 0.1) is 6.92 Å². The molecule has 0 N–H and O–H groups in total. The topological polar surface area (TPSA) is 75.0 Å². The van der Waals surface area contributed by atoms with Crippen molar-refractivity contribution in [3.63, 3.8) is 0 Å². The lowest BCUT2D eigenvalue weighted by atomic mass is 10.1. The molecule has 2 aromatic carbocycles. The third-order valence-electron chi connectivity index (χ3n) is 3.78. The number of ether oxygens (including phenoxy) is 3. The van der Waals surface area contributed by atoms with E-state index in [1.807, 2.05) is 6.07 Å². The lowest BCUT2D eigenvalue weighted by Crippen LogP contribution is -2.10. The molecule has 26 heavy (non-hydrogen) atoms. The van der Waals surface area contributed by atoms with Gasteiger partial charge in [0.15, 0.2) is 0 Å². The molecular weight excluding hydrogens is 336 g/mol. The molecule has 0 aliphatic rings. The van der Waals surface area contributed by atoms with Crippen molar-refractivity contribution in [3.05, 3.63) is 65.4 Å². The number of carbonyl (C=O) groups excluding carboxylic acids is 2. The first-order chi connectivity index (χ1) is 12.6. The molecule has 0 aliphatic carbocycles. The van der Waals surface area contributed by atoms with E-state index < -0.39 is 11.9 Å². The molecule has 134 valence electrons. The van der Waals surface area contributed by atoms with Gasteiger partial charge in [-0.25, -0.2) is 9.59 Å². The van der Waals surface area contributed by atoms with E-state index in [4.69, 9.17) is 18.6 Å². The molecule has 6 nitrogen and oxygen atoms in total. The van der Waals surface area contributed by atoms with Crippen LogP contribution in [0.25, 0.3) is 11.0 Å². The van der Waals surface area contributed by atoms with Crippen LogP contribution in [0.15, 0.2) is 52.9 Å². The predicted octanol–water partition coefficient (Wildman–Crippen LogP) is 3.76. The van der Waals surface area contributed by atoms with Crippen LogP contribution in [0.5, 0.6) is 5.75 Å². The van der Waals surface area contributed by atoms with Crippen molar-refractivity contribution >= 4 is 22.9 Å². The highest BCUT2D eigenvalue weighted by molar-refractivity contribution is 6.05. The van der Waals surface area contributed by atoms with Crippen LogP contribution < -0.4 is 4.74 Å². The number of rotatable bonds is 6. The fourth-order valence-corrected chi connectivity index (χ4v) is 2.55. The quantitative estimate of drug-likeness (QED) is 0.381. The molecule has 0 saturated heterocycles. The molecule has 0 spiro atoms. The second-order valence-electron chi connectivity index (χ2n) is 5.58. The molecule has 1 aromatic heterocycles. The number of benzene rings is 2. The zero-order valence-corrected chi connectivity index (χ0v) is 14.5. The predicted molar refractivity (Wildman–Crippen MR) is 94.5 cm³/mol. The molecule has 0 fully saturated rings. The molecular formula is C20H18O6. The average molecular weight is 354 g/mol. The Labute approximate surface area is 150 Å². The summed E-state index contributed by atoms with van der Waals surface area (Å²) >= 11 is 0. The second-order valence-corrected chi connectivity index (χ2v) is 5.58. The van der Waals surface area contributed by atoms with Gasteiger partial charge in [0.25, 0.3) is 0 Å². The summed E-state index contributed by atoms with van der Waals surface area (Å²) < 4.78 is 21.0. The maximum Gasteiger partial charge on any atom is 0.343 e. The summed E-state index contributed by atoms with van der Waals surface area (Å²) in [5.41, 5.74) is 1.27. The number of fused-ring (bicyclic) bond motifs is 1. The van der Waals surface area contributed by atoms with Crippen LogP contribution in [0.1, 0.15) is 26.5 Å². The smallest absolute Gasteiger partial charge is 0.343 e. The van der Waals surface area contributed by atoms with E-state index in [0.717, 1.165) is 0 Å². The Morgan fingerprint density at radius 3 is 2.50 bits per heavy atom. The monoisotopic (exact) mass is 354 g/mol. The van der Waals surface area contributed by atoms with Crippen LogP contribution in [-0.4, -0.2) is 32.3 Å². The molecule has 1 heterocycles. The lowest BCUT2D eigenvalue weighted by molar-refractivity contribution is 0.0388. The minimum Gasteiger partial charge on any atom is -0.460 e. The summed E-state index contributed by atoms with van der Waals surface area (Å²) in [6.07, 6.45) is 0. The maximum absolute atomic E-state index is 12.3. The Morgan fingerprint density at radius 2 is 1.77 bits per heavy atom. The van der Waals surface area contributed by atoms with Gasteiger partial charge in [-0.1, -0.05) is 18.2 Å². The van der Waals surface area contributed by atoms with E-state index in [-0.39, 0.29) is 6.61 Å². The largest absolute Gasteiger partial charge is 0.460 e. The molecule has 0 saturated carbocycles. The Balaban J connectivity index is 1.86. The Hall–Kier alpha value is -3.12. The van der Waals surface area contributed by atoms with Gasteiger partial charge in [-0.05, 0) is 37.3 Å². The number of hydrogen-bond acceptors (Lipinski definition) is 6. The number of carbonyl (C=O) groups is 2. The van der Waals surface area contributed by atoms with Crippen molar-refractivity contribution in [2.45, 2.75) is 6.92 Å². The summed E-state index contributed by atoms with van der Waals surface area (Å²) in [6.45, 7) is 2.13. The first kappa shape index (κ1) is 17.7. The van der Waals surface area contributed by atoms with E-state index in [1.54, 1.807) is 49.4 Å². The zero-order valence-electron chi connectivity index (χ0n) is 14.5. The van der Waals surface area contributed by atoms with E-state index in [0.29, 0.717) is 40.2 Å². The fourth-order valence-electron chi connectivity index (χ4n) is 2.55. The fraction of sp³-hybridized carbons (Fsp3) is 0.200. The van der Waals surface area contributed by atoms with Gasteiger partial charge in [-0.3, -0.25) is 0 Å². The van der Waals surface area contributed by atoms with Crippen LogP contribution in [0.3, 0.4) is 0 Å². The van der Waals surface area contributed by atoms with Gasteiger partial charge in [-0.15, -0.1) is 0 Å². The van der Waals surface area contributed by atoms with Gasteiger partial charge in [0.05, 0.1) is 12.2 Å². The summed E-state index contributed by atoms with van der Waals surface area (Å²) in [6, 6.07) is 13.5. The molecule has 0 atom stereocenters. The van der Waals surface area contributed by atoms with Crippen LogP contribution >= 0.6 is 0 Å². The number of hydrogen-bond donors (Lipinski definition) is 0.